The molecule has 0 aliphatic heterocycles. The van der Waals surface area contributed by atoms with Crippen molar-refractivity contribution in [2.45, 2.75) is 6.92 Å². The largest absolute Gasteiger partial charge is 0.349 e. The van der Waals surface area contributed by atoms with Gasteiger partial charge in [-0.2, -0.15) is 0 Å². The summed E-state index contributed by atoms with van der Waals surface area (Å²) in [5, 5.41) is 1.26. The van der Waals surface area contributed by atoms with E-state index in [2.05, 4.69) is 60.1 Å². The first kappa shape index (κ1) is 10.1. The van der Waals surface area contributed by atoms with Crippen LogP contribution in [0.25, 0.3) is 22.0 Å². The third kappa shape index (κ3) is 1.62. The molecule has 2 heteroatoms. The van der Waals surface area contributed by atoms with Crippen molar-refractivity contribution < 1.29 is 0 Å². The Labute approximate surface area is 101 Å². The second kappa shape index (κ2) is 3.74. The highest BCUT2D eigenvalue weighted by molar-refractivity contribution is 5.95. The molecule has 17 heavy (non-hydrogen) atoms. The van der Waals surface area contributed by atoms with E-state index < -0.39 is 0 Å². The first-order valence-electron chi connectivity index (χ1n) is 5.72. The standard InChI is InChI=1S/C15H14N2/c1-11-3-5-12(6-4-11)14-10-17(2)15-9-16-8-7-13(14)15/h3-10H,1-2H3. The molecule has 0 spiro atoms. The molecule has 0 aliphatic carbocycles. The number of hydrogen-bond acceptors (Lipinski definition) is 1. The van der Waals surface area contributed by atoms with Crippen LogP contribution in [0, 0.1) is 6.92 Å². The Bertz CT molecular complexity index is 663. The van der Waals surface area contributed by atoms with Crippen LogP contribution in [0.3, 0.4) is 0 Å². The van der Waals surface area contributed by atoms with Crippen molar-refractivity contribution in [3.05, 3.63) is 54.5 Å². The summed E-state index contributed by atoms with van der Waals surface area (Å²) in [6.45, 7) is 2.11. The third-order valence-electron chi connectivity index (χ3n) is 3.16. The van der Waals surface area contributed by atoms with E-state index >= 15 is 0 Å². The van der Waals surface area contributed by atoms with Crippen LogP contribution >= 0.6 is 0 Å². The maximum Gasteiger partial charge on any atom is 0.0670 e. The Balaban J connectivity index is 2.27. The molecule has 0 aliphatic rings. The molecule has 0 fully saturated rings. The smallest absolute Gasteiger partial charge is 0.0670 e. The molecular formula is C15H14N2. The zero-order chi connectivity index (χ0) is 11.8. The van der Waals surface area contributed by atoms with Crippen LogP contribution in [-0.4, -0.2) is 9.55 Å². The van der Waals surface area contributed by atoms with Gasteiger partial charge in [-0.05, 0) is 18.6 Å². The van der Waals surface area contributed by atoms with Crippen LogP contribution in [-0.2, 0) is 7.05 Å². The lowest BCUT2D eigenvalue weighted by Gasteiger charge is -1.99. The lowest BCUT2D eigenvalue weighted by molar-refractivity contribution is 0.966. The fourth-order valence-electron chi connectivity index (χ4n) is 2.19. The van der Waals surface area contributed by atoms with Crippen molar-refractivity contribution in [2.75, 3.05) is 0 Å². The van der Waals surface area contributed by atoms with E-state index in [4.69, 9.17) is 0 Å². The molecule has 0 saturated heterocycles. The first-order chi connectivity index (χ1) is 8.25. The lowest BCUT2D eigenvalue weighted by Crippen LogP contribution is -1.83. The Morgan fingerprint density at radius 3 is 2.59 bits per heavy atom. The molecule has 2 aromatic heterocycles. The van der Waals surface area contributed by atoms with Gasteiger partial charge >= 0.3 is 0 Å². The third-order valence-corrected chi connectivity index (χ3v) is 3.16. The van der Waals surface area contributed by atoms with Gasteiger partial charge in [0.05, 0.1) is 11.7 Å². The zero-order valence-corrected chi connectivity index (χ0v) is 10.0. The average molecular weight is 222 g/mol. The fourth-order valence-corrected chi connectivity index (χ4v) is 2.19. The Kier molecular flexibility index (Phi) is 2.22. The van der Waals surface area contributed by atoms with Gasteiger partial charge in [-0.3, -0.25) is 4.98 Å². The van der Waals surface area contributed by atoms with Crippen LogP contribution in [0.5, 0.6) is 0 Å². The van der Waals surface area contributed by atoms with Gasteiger partial charge in [-0.15, -0.1) is 0 Å². The second-order valence-corrected chi connectivity index (χ2v) is 4.41. The van der Waals surface area contributed by atoms with E-state index in [-0.39, 0.29) is 0 Å². The van der Waals surface area contributed by atoms with Crippen molar-refractivity contribution >= 4 is 10.9 Å². The van der Waals surface area contributed by atoms with Gasteiger partial charge in [-0.1, -0.05) is 29.8 Å². The highest BCUT2D eigenvalue weighted by Crippen LogP contribution is 2.29. The van der Waals surface area contributed by atoms with Crippen LogP contribution < -0.4 is 0 Å². The van der Waals surface area contributed by atoms with E-state index in [1.165, 1.54) is 27.6 Å². The number of benzene rings is 1. The Hall–Kier alpha value is -2.09. The predicted octanol–water partition coefficient (Wildman–Crippen LogP) is 3.55. The van der Waals surface area contributed by atoms with Crippen LogP contribution in [0.15, 0.2) is 48.9 Å². The Morgan fingerprint density at radius 2 is 1.82 bits per heavy atom. The van der Waals surface area contributed by atoms with Gasteiger partial charge in [-0.25, -0.2) is 0 Å². The van der Waals surface area contributed by atoms with Gasteiger partial charge < -0.3 is 4.57 Å². The van der Waals surface area contributed by atoms with Crippen LogP contribution in [0.2, 0.25) is 0 Å². The SMILES string of the molecule is Cc1ccc(-c2cn(C)c3cnccc23)cc1. The van der Waals surface area contributed by atoms with Crippen molar-refractivity contribution in [1.29, 1.82) is 0 Å². The van der Waals surface area contributed by atoms with Gasteiger partial charge in [0.2, 0.25) is 0 Å². The summed E-state index contributed by atoms with van der Waals surface area (Å²) in [5.74, 6) is 0. The maximum atomic E-state index is 4.17. The topological polar surface area (TPSA) is 17.8 Å². The lowest BCUT2D eigenvalue weighted by atomic mass is 10.0. The molecule has 1 aromatic carbocycles. The molecule has 0 radical (unpaired) electrons. The summed E-state index contributed by atoms with van der Waals surface area (Å²) < 4.78 is 2.12. The second-order valence-electron chi connectivity index (χ2n) is 4.41. The molecule has 2 nitrogen and oxygen atoms in total. The van der Waals surface area contributed by atoms with E-state index in [1.54, 1.807) is 0 Å². The highest BCUT2D eigenvalue weighted by Gasteiger charge is 2.07. The van der Waals surface area contributed by atoms with Crippen molar-refractivity contribution in [3.63, 3.8) is 0 Å². The van der Waals surface area contributed by atoms with Crippen molar-refractivity contribution in [1.82, 2.24) is 9.55 Å². The average Bonchev–Trinajstić information content (AvgIpc) is 2.69. The number of aryl methyl sites for hydroxylation is 2. The molecule has 84 valence electrons. The highest BCUT2D eigenvalue weighted by atomic mass is 14.9. The van der Waals surface area contributed by atoms with Gasteiger partial charge in [0.15, 0.2) is 0 Å². The summed E-state index contributed by atoms with van der Waals surface area (Å²) in [5.41, 5.74) is 4.98. The van der Waals surface area contributed by atoms with Crippen LogP contribution in [0.1, 0.15) is 5.56 Å². The fraction of sp³-hybridized carbons (Fsp3) is 0.133. The summed E-state index contributed by atoms with van der Waals surface area (Å²) in [6.07, 6.45) is 5.92. The molecule has 0 bridgehead atoms. The van der Waals surface area contributed by atoms with Gasteiger partial charge in [0, 0.05) is 30.4 Å². The molecule has 3 aromatic rings. The van der Waals surface area contributed by atoms with Crippen LogP contribution in [0.4, 0.5) is 0 Å². The number of hydrogen-bond donors (Lipinski definition) is 0. The maximum absolute atomic E-state index is 4.17. The molecule has 3 rings (SSSR count). The normalized spacial score (nSPS) is 10.9. The van der Waals surface area contributed by atoms with Crippen molar-refractivity contribution in [2.24, 2.45) is 7.05 Å². The van der Waals surface area contributed by atoms with Gasteiger partial charge in [0.1, 0.15) is 0 Å². The summed E-state index contributed by atoms with van der Waals surface area (Å²) >= 11 is 0. The summed E-state index contributed by atoms with van der Waals surface area (Å²) in [4.78, 5) is 4.17. The molecule has 0 atom stereocenters. The first-order valence-corrected chi connectivity index (χ1v) is 5.72. The minimum atomic E-state index is 1.17. The molecular weight excluding hydrogens is 208 g/mol. The van der Waals surface area contributed by atoms with Gasteiger partial charge in [0.25, 0.3) is 0 Å². The zero-order valence-electron chi connectivity index (χ0n) is 10.0. The monoisotopic (exact) mass is 222 g/mol. The molecule has 0 unspecified atom stereocenters. The van der Waals surface area contributed by atoms with E-state index in [9.17, 15) is 0 Å². The number of pyridine rings is 1. The quantitative estimate of drug-likeness (QED) is 0.615. The number of fused-ring (bicyclic) bond motifs is 1. The number of rotatable bonds is 1. The number of aromatic nitrogens is 2. The van der Waals surface area contributed by atoms with E-state index in [1.807, 2.05) is 12.4 Å². The summed E-state index contributed by atoms with van der Waals surface area (Å²) in [7, 11) is 2.06. The minimum Gasteiger partial charge on any atom is -0.349 e. The number of nitrogens with zero attached hydrogens (tertiary/aromatic N) is 2. The minimum absolute atomic E-state index is 1.17. The predicted molar refractivity (Wildman–Crippen MR) is 70.9 cm³/mol. The van der Waals surface area contributed by atoms with E-state index in [0.29, 0.717) is 0 Å². The van der Waals surface area contributed by atoms with Crippen molar-refractivity contribution in [3.8, 4) is 11.1 Å². The summed E-state index contributed by atoms with van der Waals surface area (Å²) in [6, 6.07) is 10.7. The Morgan fingerprint density at radius 1 is 1.06 bits per heavy atom. The molecule has 0 N–H and O–H groups in total. The molecule has 0 amide bonds. The molecule has 0 saturated carbocycles. The molecule has 2 heterocycles. The van der Waals surface area contributed by atoms with E-state index in [0.717, 1.165) is 0 Å².